The van der Waals surface area contributed by atoms with Crippen molar-refractivity contribution in [2.24, 2.45) is 0 Å². The summed E-state index contributed by atoms with van der Waals surface area (Å²) >= 11 is 7.71. The maximum Gasteiger partial charge on any atom is 0.0977 e. The minimum Gasteiger partial charge on any atom is -0.384 e. The lowest BCUT2D eigenvalue weighted by Crippen LogP contribution is -2.19. The van der Waals surface area contributed by atoms with Crippen LogP contribution in [0, 0.1) is 9.85 Å². The molecule has 0 bridgehead atoms. The van der Waals surface area contributed by atoms with E-state index < -0.39 is 5.60 Å². The first kappa shape index (κ1) is 11.8. The van der Waals surface area contributed by atoms with Crippen LogP contribution in [0.1, 0.15) is 18.9 Å². The van der Waals surface area contributed by atoms with E-state index in [1.54, 1.807) is 19.1 Å². The van der Waals surface area contributed by atoms with Gasteiger partial charge in [0.05, 0.1) is 5.60 Å². The first-order valence-corrected chi connectivity index (χ1v) is 5.59. The highest BCUT2D eigenvalue weighted by Crippen LogP contribution is 2.25. The maximum absolute atomic E-state index is 10.1. The number of hydrogen-bond acceptors (Lipinski definition) is 1. The monoisotopic (exact) mass is 320 g/mol. The summed E-state index contributed by atoms with van der Waals surface area (Å²) in [5.74, 6) is 2.86. The topological polar surface area (TPSA) is 20.2 Å². The van der Waals surface area contributed by atoms with Crippen molar-refractivity contribution in [2.45, 2.75) is 18.9 Å². The lowest BCUT2D eigenvalue weighted by atomic mass is 9.93. The third kappa shape index (κ3) is 3.16. The van der Waals surface area contributed by atoms with Crippen LogP contribution in [0.25, 0.3) is 0 Å². The number of aliphatic hydroxyl groups is 1. The second-order valence-corrected chi connectivity index (χ2v) is 4.20. The second kappa shape index (κ2) is 5.01. The number of rotatable bonds is 2. The Bertz CT molecular complexity index is 359. The molecule has 0 spiro atoms. The standard InChI is InChI=1S/C11H10ClIO/c1-11(14,7-2-8-13)9-3-5-10(12)6-4-9/h3-6,14H,7H2,1H3. The molecule has 0 saturated carbocycles. The summed E-state index contributed by atoms with van der Waals surface area (Å²) in [4.78, 5) is 0. The molecule has 0 amide bonds. The quantitative estimate of drug-likeness (QED) is 0.654. The van der Waals surface area contributed by atoms with Crippen LogP contribution in [-0.4, -0.2) is 5.11 Å². The van der Waals surface area contributed by atoms with Gasteiger partial charge in [0.1, 0.15) is 0 Å². The molecule has 3 heteroatoms. The number of halogens is 2. The Morgan fingerprint density at radius 1 is 1.43 bits per heavy atom. The van der Waals surface area contributed by atoms with Crippen LogP contribution in [0.4, 0.5) is 0 Å². The normalized spacial score (nSPS) is 14.0. The van der Waals surface area contributed by atoms with Crippen molar-refractivity contribution in [3.63, 3.8) is 0 Å². The molecule has 1 aromatic rings. The molecule has 0 saturated heterocycles. The Morgan fingerprint density at radius 2 is 2.00 bits per heavy atom. The lowest BCUT2D eigenvalue weighted by molar-refractivity contribution is 0.0629. The average molecular weight is 321 g/mol. The fourth-order valence-corrected chi connectivity index (χ4v) is 1.43. The van der Waals surface area contributed by atoms with Gasteiger partial charge in [-0.2, -0.15) is 0 Å². The Hall–Kier alpha value is -0.240. The van der Waals surface area contributed by atoms with Crippen molar-refractivity contribution < 1.29 is 5.11 Å². The molecule has 14 heavy (non-hydrogen) atoms. The van der Waals surface area contributed by atoms with Gasteiger partial charge >= 0.3 is 0 Å². The van der Waals surface area contributed by atoms with E-state index in [0.29, 0.717) is 11.4 Å². The van der Waals surface area contributed by atoms with Gasteiger partial charge < -0.3 is 5.11 Å². The van der Waals surface area contributed by atoms with Crippen molar-refractivity contribution in [3.8, 4) is 9.85 Å². The smallest absolute Gasteiger partial charge is 0.0977 e. The van der Waals surface area contributed by atoms with Crippen LogP contribution < -0.4 is 0 Å². The van der Waals surface area contributed by atoms with Gasteiger partial charge in [0.2, 0.25) is 0 Å². The molecule has 0 aromatic heterocycles. The Kier molecular flexibility index (Phi) is 4.24. The predicted octanol–water partition coefficient (Wildman–Crippen LogP) is 3.33. The summed E-state index contributed by atoms with van der Waals surface area (Å²) in [6.45, 7) is 1.75. The Balaban J connectivity index is 2.89. The fraction of sp³-hybridized carbons (Fsp3) is 0.273. The van der Waals surface area contributed by atoms with E-state index in [2.05, 4.69) is 9.85 Å². The summed E-state index contributed by atoms with van der Waals surface area (Å²) < 4.78 is 2.74. The van der Waals surface area contributed by atoms with E-state index in [9.17, 15) is 5.11 Å². The molecule has 0 aliphatic rings. The molecular weight excluding hydrogens is 310 g/mol. The first-order chi connectivity index (χ1) is 6.56. The minimum absolute atomic E-state index is 0.428. The van der Waals surface area contributed by atoms with Gasteiger partial charge in [-0.1, -0.05) is 29.7 Å². The summed E-state index contributed by atoms with van der Waals surface area (Å²) in [5, 5.41) is 10.7. The minimum atomic E-state index is -0.900. The van der Waals surface area contributed by atoms with Crippen LogP contribution in [0.3, 0.4) is 0 Å². The summed E-state index contributed by atoms with van der Waals surface area (Å²) in [6, 6.07) is 7.17. The fourth-order valence-electron chi connectivity index (χ4n) is 1.12. The van der Waals surface area contributed by atoms with Crippen molar-refractivity contribution in [1.29, 1.82) is 0 Å². The second-order valence-electron chi connectivity index (χ2n) is 3.23. The van der Waals surface area contributed by atoms with Gasteiger partial charge in [0.25, 0.3) is 0 Å². The zero-order chi connectivity index (χ0) is 10.6. The van der Waals surface area contributed by atoms with Crippen LogP contribution in [-0.2, 0) is 5.60 Å². The third-order valence-electron chi connectivity index (χ3n) is 1.97. The van der Waals surface area contributed by atoms with Gasteiger partial charge in [0.15, 0.2) is 0 Å². The molecule has 0 fully saturated rings. The molecule has 1 N–H and O–H groups in total. The van der Waals surface area contributed by atoms with E-state index in [1.807, 2.05) is 34.7 Å². The Morgan fingerprint density at radius 3 is 2.50 bits per heavy atom. The van der Waals surface area contributed by atoms with Crippen LogP contribution in [0.15, 0.2) is 24.3 Å². The highest BCUT2D eigenvalue weighted by molar-refractivity contribution is 14.1. The Labute approximate surface area is 103 Å². The highest BCUT2D eigenvalue weighted by atomic mass is 127. The number of benzene rings is 1. The molecule has 1 atom stereocenters. The largest absolute Gasteiger partial charge is 0.384 e. The SMILES string of the molecule is CC(O)(CC#CI)c1ccc(Cl)cc1. The van der Waals surface area contributed by atoms with Gasteiger partial charge in [-0.25, -0.2) is 0 Å². The molecule has 1 unspecified atom stereocenters. The van der Waals surface area contributed by atoms with E-state index >= 15 is 0 Å². The molecule has 1 rings (SSSR count). The van der Waals surface area contributed by atoms with Crippen molar-refractivity contribution in [3.05, 3.63) is 34.9 Å². The molecule has 0 heterocycles. The summed E-state index contributed by atoms with van der Waals surface area (Å²) in [7, 11) is 0. The third-order valence-corrected chi connectivity index (χ3v) is 2.60. The van der Waals surface area contributed by atoms with E-state index in [1.165, 1.54) is 0 Å². The lowest BCUT2D eigenvalue weighted by Gasteiger charge is -2.20. The van der Waals surface area contributed by atoms with Gasteiger partial charge in [0, 0.05) is 34.0 Å². The van der Waals surface area contributed by atoms with E-state index in [0.717, 1.165) is 5.56 Å². The first-order valence-electron chi connectivity index (χ1n) is 4.13. The zero-order valence-corrected chi connectivity index (χ0v) is 10.6. The molecule has 0 aliphatic carbocycles. The van der Waals surface area contributed by atoms with Crippen LogP contribution in [0.2, 0.25) is 5.02 Å². The van der Waals surface area contributed by atoms with E-state index in [-0.39, 0.29) is 0 Å². The highest BCUT2D eigenvalue weighted by Gasteiger charge is 2.21. The molecule has 1 nitrogen and oxygen atoms in total. The van der Waals surface area contributed by atoms with Gasteiger partial charge in [-0.15, -0.1) is 0 Å². The van der Waals surface area contributed by atoms with Crippen LogP contribution in [0.5, 0.6) is 0 Å². The van der Waals surface area contributed by atoms with Gasteiger partial charge in [-0.3, -0.25) is 0 Å². The predicted molar refractivity (Wildman–Crippen MR) is 67.4 cm³/mol. The molecule has 0 aliphatic heterocycles. The maximum atomic E-state index is 10.1. The number of hydrogen-bond donors (Lipinski definition) is 1. The molecule has 74 valence electrons. The van der Waals surface area contributed by atoms with Crippen molar-refractivity contribution in [2.75, 3.05) is 0 Å². The van der Waals surface area contributed by atoms with Crippen molar-refractivity contribution in [1.82, 2.24) is 0 Å². The van der Waals surface area contributed by atoms with Crippen LogP contribution >= 0.6 is 34.2 Å². The van der Waals surface area contributed by atoms with Crippen molar-refractivity contribution >= 4 is 34.2 Å². The average Bonchev–Trinajstić information content (AvgIpc) is 2.16. The molecule has 0 radical (unpaired) electrons. The van der Waals surface area contributed by atoms with E-state index in [4.69, 9.17) is 11.6 Å². The molecular formula is C11H10ClIO. The summed E-state index contributed by atoms with van der Waals surface area (Å²) in [6.07, 6.45) is 0.428. The zero-order valence-electron chi connectivity index (χ0n) is 7.72. The van der Waals surface area contributed by atoms with Gasteiger partial charge in [-0.05, 0) is 28.5 Å². The molecule has 1 aromatic carbocycles. The summed E-state index contributed by atoms with van der Waals surface area (Å²) in [5.41, 5.74) is -0.0657.